The second kappa shape index (κ2) is 7.96. The summed E-state index contributed by atoms with van der Waals surface area (Å²) in [6.45, 7) is 7.27. The van der Waals surface area contributed by atoms with E-state index in [9.17, 15) is 18.0 Å². The zero-order chi connectivity index (χ0) is 18.7. The van der Waals surface area contributed by atoms with Crippen LogP contribution in [0.4, 0.5) is 13.2 Å². The van der Waals surface area contributed by atoms with E-state index in [4.69, 9.17) is 0 Å². The first kappa shape index (κ1) is 19.2. The summed E-state index contributed by atoms with van der Waals surface area (Å²) in [5.41, 5.74) is -0.0970. The lowest BCUT2D eigenvalue weighted by Gasteiger charge is -2.32. The van der Waals surface area contributed by atoms with Gasteiger partial charge in [-0.05, 0) is 24.0 Å². The summed E-state index contributed by atoms with van der Waals surface area (Å²) >= 11 is 0. The predicted molar refractivity (Wildman–Crippen MR) is 93.9 cm³/mol. The van der Waals surface area contributed by atoms with Crippen molar-refractivity contribution in [1.29, 1.82) is 0 Å². The number of nitrogens with one attached hydrogen (secondary N) is 1. The largest absolute Gasteiger partial charge is 0.416 e. The van der Waals surface area contributed by atoms with Crippen molar-refractivity contribution in [3.05, 3.63) is 35.4 Å². The van der Waals surface area contributed by atoms with Crippen molar-refractivity contribution in [3.8, 4) is 0 Å². The number of halogens is 3. The first-order valence-electron chi connectivity index (χ1n) is 9.24. The van der Waals surface area contributed by atoms with Gasteiger partial charge in [-0.25, -0.2) is 0 Å². The van der Waals surface area contributed by atoms with Gasteiger partial charge in [0, 0.05) is 51.7 Å². The van der Waals surface area contributed by atoms with Crippen LogP contribution >= 0.6 is 0 Å². The standard InChI is InChI=1S/C19H26F3N3O/c1-14(15-3-2-4-16(12-15)19(20,21)22)11-18(26)25-8-5-17(13-25)24-9-6-23-7-10-24/h2-4,12,14,17,23H,5-11,13H2,1H3. The molecule has 2 saturated heterocycles. The minimum atomic E-state index is -4.36. The van der Waals surface area contributed by atoms with Crippen molar-refractivity contribution >= 4 is 5.91 Å². The number of piperazine rings is 1. The molecular formula is C19H26F3N3O. The van der Waals surface area contributed by atoms with Crippen LogP contribution in [0, 0.1) is 0 Å². The number of likely N-dealkylation sites (tertiary alicyclic amines) is 1. The maximum atomic E-state index is 12.9. The maximum Gasteiger partial charge on any atom is 0.416 e. The molecule has 3 rings (SSSR count). The van der Waals surface area contributed by atoms with Crippen LogP contribution in [0.1, 0.15) is 36.8 Å². The highest BCUT2D eigenvalue weighted by atomic mass is 19.4. The number of nitrogens with zero attached hydrogens (tertiary/aromatic N) is 2. The molecule has 1 aromatic rings. The van der Waals surface area contributed by atoms with E-state index in [1.165, 1.54) is 6.07 Å². The van der Waals surface area contributed by atoms with Crippen LogP contribution in [0.15, 0.2) is 24.3 Å². The Bertz CT molecular complexity index is 629. The fourth-order valence-corrected chi connectivity index (χ4v) is 3.84. The predicted octanol–water partition coefficient (Wildman–Crippen LogP) is 2.71. The lowest BCUT2D eigenvalue weighted by molar-refractivity contribution is -0.137. The number of carbonyl (C=O) groups excluding carboxylic acids is 1. The van der Waals surface area contributed by atoms with Gasteiger partial charge in [0.15, 0.2) is 0 Å². The summed E-state index contributed by atoms with van der Waals surface area (Å²) < 4.78 is 38.6. The van der Waals surface area contributed by atoms with Gasteiger partial charge in [-0.15, -0.1) is 0 Å². The van der Waals surface area contributed by atoms with Gasteiger partial charge in [-0.3, -0.25) is 9.69 Å². The van der Waals surface area contributed by atoms with Gasteiger partial charge < -0.3 is 10.2 Å². The molecule has 0 aliphatic carbocycles. The molecule has 2 aliphatic rings. The smallest absolute Gasteiger partial charge is 0.341 e. The van der Waals surface area contributed by atoms with E-state index >= 15 is 0 Å². The van der Waals surface area contributed by atoms with E-state index in [2.05, 4.69) is 10.2 Å². The molecule has 4 nitrogen and oxygen atoms in total. The Morgan fingerprint density at radius 3 is 2.69 bits per heavy atom. The van der Waals surface area contributed by atoms with Crippen molar-refractivity contribution in [3.63, 3.8) is 0 Å². The normalized spacial score (nSPS) is 23.2. The molecular weight excluding hydrogens is 343 g/mol. The Hall–Kier alpha value is -1.60. The monoisotopic (exact) mass is 369 g/mol. The Kier molecular flexibility index (Phi) is 5.87. The molecule has 2 atom stereocenters. The van der Waals surface area contributed by atoms with Crippen LogP contribution in [0.3, 0.4) is 0 Å². The number of alkyl halides is 3. The zero-order valence-corrected chi connectivity index (χ0v) is 15.1. The molecule has 2 aliphatic heterocycles. The van der Waals surface area contributed by atoms with Gasteiger partial charge in [0.2, 0.25) is 5.91 Å². The summed E-state index contributed by atoms with van der Waals surface area (Å²) in [5.74, 6) is -0.199. The molecule has 26 heavy (non-hydrogen) atoms. The zero-order valence-electron chi connectivity index (χ0n) is 15.1. The van der Waals surface area contributed by atoms with E-state index < -0.39 is 11.7 Å². The SMILES string of the molecule is CC(CC(=O)N1CCC(N2CCNCC2)C1)c1cccc(C(F)(F)F)c1. The Morgan fingerprint density at radius 2 is 2.00 bits per heavy atom. The summed E-state index contributed by atoms with van der Waals surface area (Å²) in [5, 5.41) is 3.33. The fraction of sp³-hybridized carbons (Fsp3) is 0.632. The van der Waals surface area contributed by atoms with Crippen molar-refractivity contribution in [1.82, 2.24) is 15.1 Å². The van der Waals surface area contributed by atoms with E-state index in [1.54, 1.807) is 6.07 Å². The molecule has 0 spiro atoms. The van der Waals surface area contributed by atoms with E-state index in [0.29, 0.717) is 11.6 Å². The van der Waals surface area contributed by atoms with Crippen LogP contribution in [0.5, 0.6) is 0 Å². The van der Waals surface area contributed by atoms with Crippen molar-refractivity contribution in [2.45, 2.75) is 37.9 Å². The first-order valence-corrected chi connectivity index (χ1v) is 9.24. The topological polar surface area (TPSA) is 35.6 Å². The fourth-order valence-electron chi connectivity index (χ4n) is 3.84. The minimum absolute atomic E-state index is 0.0348. The van der Waals surface area contributed by atoms with E-state index in [1.807, 2.05) is 11.8 Å². The average molecular weight is 369 g/mol. The lowest BCUT2D eigenvalue weighted by atomic mass is 9.95. The molecule has 0 aromatic heterocycles. The Labute approximate surface area is 152 Å². The van der Waals surface area contributed by atoms with Crippen molar-refractivity contribution in [2.75, 3.05) is 39.3 Å². The number of rotatable bonds is 4. The third-order valence-corrected chi connectivity index (χ3v) is 5.45. The highest BCUT2D eigenvalue weighted by Crippen LogP contribution is 2.32. The summed E-state index contributed by atoms with van der Waals surface area (Å²) in [4.78, 5) is 16.9. The molecule has 2 unspecified atom stereocenters. The number of hydrogen-bond acceptors (Lipinski definition) is 3. The van der Waals surface area contributed by atoms with Gasteiger partial charge >= 0.3 is 6.18 Å². The Morgan fingerprint density at radius 1 is 1.27 bits per heavy atom. The summed E-state index contributed by atoms with van der Waals surface area (Å²) in [6.07, 6.45) is -3.13. The number of amides is 1. The van der Waals surface area contributed by atoms with Crippen LogP contribution in [-0.2, 0) is 11.0 Å². The first-order chi connectivity index (χ1) is 12.3. The van der Waals surface area contributed by atoms with Crippen LogP contribution in [0.2, 0.25) is 0 Å². The summed E-state index contributed by atoms with van der Waals surface area (Å²) in [7, 11) is 0. The molecule has 1 aromatic carbocycles. The van der Waals surface area contributed by atoms with Gasteiger partial charge in [0.05, 0.1) is 5.56 Å². The molecule has 144 valence electrons. The third-order valence-electron chi connectivity index (χ3n) is 5.45. The minimum Gasteiger partial charge on any atom is -0.341 e. The van der Waals surface area contributed by atoms with Gasteiger partial charge in [0.1, 0.15) is 0 Å². The highest BCUT2D eigenvalue weighted by Gasteiger charge is 2.33. The number of carbonyl (C=O) groups is 1. The third kappa shape index (κ3) is 4.57. The van der Waals surface area contributed by atoms with Crippen LogP contribution < -0.4 is 5.32 Å². The summed E-state index contributed by atoms with van der Waals surface area (Å²) in [6, 6.07) is 5.71. The molecule has 2 heterocycles. The second-order valence-corrected chi connectivity index (χ2v) is 7.30. The van der Waals surface area contributed by atoms with Gasteiger partial charge in [0.25, 0.3) is 0 Å². The molecule has 2 fully saturated rings. The maximum absolute atomic E-state index is 12.9. The second-order valence-electron chi connectivity index (χ2n) is 7.30. The molecule has 1 N–H and O–H groups in total. The lowest BCUT2D eigenvalue weighted by Crippen LogP contribution is -2.49. The van der Waals surface area contributed by atoms with Crippen LogP contribution in [0.25, 0.3) is 0 Å². The quantitative estimate of drug-likeness (QED) is 0.887. The highest BCUT2D eigenvalue weighted by molar-refractivity contribution is 5.77. The molecule has 0 bridgehead atoms. The molecule has 0 saturated carbocycles. The Balaban J connectivity index is 1.56. The van der Waals surface area contributed by atoms with Crippen LogP contribution in [-0.4, -0.2) is 61.0 Å². The molecule has 7 heteroatoms. The van der Waals surface area contributed by atoms with Crippen molar-refractivity contribution in [2.24, 2.45) is 0 Å². The van der Waals surface area contributed by atoms with Gasteiger partial charge in [-0.2, -0.15) is 13.2 Å². The van der Waals surface area contributed by atoms with Crippen molar-refractivity contribution < 1.29 is 18.0 Å². The van der Waals surface area contributed by atoms with E-state index in [-0.39, 0.29) is 18.2 Å². The molecule has 0 radical (unpaired) electrons. The average Bonchev–Trinajstić information content (AvgIpc) is 3.12. The van der Waals surface area contributed by atoms with Gasteiger partial charge in [-0.1, -0.05) is 25.1 Å². The number of benzene rings is 1. The van der Waals surface area contributed by atoms with E-state index in [0.717, 1.165) is 57.8 Å². The number of hydrogen-bond donors (Lipinski definition) is 1. The molecule has 1 amide bonds.